The lowest BCUT2D eigenvalue weighted by molar-refractivity contribution is -0.122. The number of nitrogens with one attached hydrogen (secondary N) is 1. The van der Waals surface area contributed by atoms with Crippen molar-refractivity contribution in [3.05, 3.63) is 29.8 Å². The van der Waals surface area contributed by atoms with Gasteiger partial charge in [-0.1, -0.05) is 18.2 Å². The Morgan fingerprint density at radius 1 is 1.17 bits per heavy atom. The summed E-state index contributed by atoms with van der Waals surface area (Å²) in [4.78, 5) is 27.5. The molecule has 1 aromatic carbocycles. The molecule has 24 heavy (non-hydrogen) atoms. The number of nitrogens with zero attached hydrogens (tertiary/aromatic N) is 2. The highest BCUT2D eigenvalue weighted by Crippen LogP contribution is 2.16. The van der Waals surface area contributed by atoms with E-state index < -0.39 is 0 Å². The summed E-state index contributed by atoms with van der Waals surface area (Å²) < 4.78 is 10.3. The van der Waals surface area contributed by atoms with Gasteiger partial charge in [0.2, 0.25) is 5.91 Å². The number of hydrogen-bond donors (Lipinski definition) is 1. The quantitative estimate of drug-likeness (QED) is 0.842. The summed E-state index contributed by atoms with van der Waals surface area (Å²) in [6.07, 6.45) is -0.280. The molecule has 7 heteroatoms. The molecule has 1 aliphatic rings. The lowest BCUT2D eigenvalue weighted by atomic mass is 10.2. The van der Waals surface area contributed by atoms with Crippen LogP contribution in [0.1, 0.15) is 12.5 Å². The summed E-state index contributed by atoms with van der Waals surface area (Å²) in [6, 6.07) is 7.61. The third-order valence-corrected chi connectivity index (χ3v) is 3.93. The van der Waals surface area contributed by atoms with Crippen molar-refractivity contribution in [1.82, 2.24) is 15.1 Å². The van der Waals surface area contributed by atoms with Gasteiger partial charge in [0.25, 0.3) is 0 Å². The molecule has 1 fully saturated rings. The third-order valence-electron chi connectivity index (χ3n) is 3.93. The Balaban J connectivity index is 1.73. The van der Waals surface area contributed by atoms with Crippen molar-refractivity contribution < 1.29 is 19.1 Å². The maximum atomic E-state index is 12.1. The van der Waals surface area contributed by atoms with E-state index in [-0.39, 0.29) is 12.0 Å². The smallest absolute Gasteiger partial charge is 0.409 e. The summed E-state index contributed by atoms with van der Waals surface area (Å²) in [6.45, 7) is 5.43. The fourth-order valence-corrected chi connectivity index (χ4v) is 2.61. The van der Waals surface area contributed by atoms with Crippen LogP contribution in [0.4, 0.5) is 4.79 Å². The molecule has 1 saturated heterocycles. The molecule has 2 amide bonds. The maximum Gasteiger partial charge on any atom is 0.409 e. The van der Waals surface area contributed by atoms with Crippen molar-refractivity contribution in [2.45, 2.75) is 13.5 Å². The van der Waals surface area contributed by atoms with Crippen LogP contribution in [-0.2, 0) is 16.1 Å². The highest BCUT2D eigenvalue weighted by atomic mass is 16.6. The first-order valence-electron chi connectivity index (χ1n) is 8.16. The maximum absolute atomic E-state index is 12.1. The van der Waals surface area contributed by atoms with E-state index in [1.807, 2.05) is 29.2 Å². The Morgan fingerprint density at radius 2 is 1.88 bits per heavy atom. The molecule has 2 rings (SSSR count). The summed E-state index contributed by atoms with van der Waals surface area (Å²) in [5.74, 6) is 0.728. The van der Waals surface area contributed by atoms with Crippen LogP contribution in [0.25, 0.3) is 0 Å². The number of hydrogen-bond acceptors (Lipinski definition) is 5. The van der Waals surface area contributed by atoms with Crippen molar-refractivity contribution in [3.8, 4) is 5.75 Å². The van der Waals surface area contributed by atoms with Gasteiger partial charge in [-0.05, 0) is 13.0 Å². The van der Waals surface area contributed by atoms with Gasteiger partial charge in [0.15, 0.2) is 0 Å². The SMILES string of the molecule is CCOC(=O)N1CCN(CC(=O)NCc2ccccc2OC)CC1. The average molecular weight is 335 g/mol. The molecule has 0 saturated carbocycles. The predicted molar refractivity (Wildman–Crippen MR) is 89.9 cm³/mol. The molecular formula is C17H25N3O4. The number of benzene rings is 1. The molecule has 0 radical (unpaired) electrons. The van der Waals surface area contributed by atoms with E-state index in [1.54, 1.807) is 18.9 Å². The summed E-state index contributed by atoms with van der Waals surface area (Å²) in [7, 11) is 1.61. The Labute approximate surface area is 142 Å². The second-order valence-corrected chi connectivity index (χ2v) is 5.55. The number of rotatable bonds is 6. The van der Waals surface area contributed by atoms with Gasteiger partial charge in [0.1, 0.15) is 5.75 Å². The lowest BCUT2D eigenvalue weighted by Gasteiger charge is -2.33. The molecule has 0 spiro atoms. The van der Waals surface area contributed by atoms with Crippen molar-refractivity contribution in [3.63, 3.8) is 0 Å². The molecule has 0 aromatic heterocycles. The van der Waals surface area contributed by atoms with Gasteiger partial charge < -0.3 is 19.7 Å². The van der Waals surface area contributed by atoms with Crippen LogP contribution in [0.2, 0.25) is 0 Å². The fraction of sp³-hybridized carbons (Fsp3) is 0.529. The molecule has 0 atom stereocenters. The first-order chi connectivity index (χ1) is 11.6. The van der Waals surface area contributed by atoms with E-state index in [0.717, 1.165) is 11.3 Å². The molecule has 0 bridgehead atoms. The number of methoxy groups -OCH3 is 1. The first kappa shape index (κ1) is 18.1. The molecule has 132 valence electrons. The van der Waals surface area contributed by atoms with E-state index >= 15 is 0 Å². The second kappa shape index (κ2) is 9.12. The molecule has 1 aliphatic heterocycles. The third kappa shape index (κ3) is 5.13. The fourth-order valence-electron chi connectivity index (χ4n) is 2.61. The van der Waals surface area contributed by atoms with Gasteiger partial charge in [0, 0.05) is 38.3 Å². The molecule has 1 N–H and O–H groups in total. The molecule has 1 aromatic rings. The van der Waals surface area contributed by atoms with Crippen molar-refractivity contribution in [1.29, 1.82) is 0 Å². The van der Waals surface area contributed by atoms with Crippen LogP contribution in [0.15, 0.2) is 24.3 Å². The standard InChI is InChI=1S/C17H25N3O4/c1-3-24-17(22)20-10-8-19(9-11-20)13-16(21)18-12-14-6-4-5-7-15(14)23-2/h4-7H,3,8-13H2,1-2H3,(H,18,21). The van der Waals surface area contributed by atoms with E-state index in [2.05, 4.69) is 5.32 Å². The van der Waals surface area contributed by atoms with Gasteiger partial charge in [-0.3, -0.25) is 9.69 Å². The van der Waals surface area contributed by atoms with Gasteiger partial charge in [-0.25, -0.2) is 4.79 Å². The van der Waals surface area contributed by atoms with E-state index in [9.17, 15) is 9.59 Å². The second-order valence-electron chi connectivity index (χ2n) is 5.55. The Bertz CT molecular complexity index is 557. The minimum absolute atomic E-state index is 0.0366. The van der Waals surface area contributed by atoms with Crippen LogP contribution >= 0.6 is 0 Å². The zero-order valence-electron chi connectivity index (χ0n) is 14.3. The van der Waals surface area contributed by atoms with Crippen molar-refractivity contribution in [2.75, 3.05) is 46.4 Å². The number of ether oxygens (including phenoxy) is 2. The summed E-state index contributed by atoms with van der Waals surface area (Å²) in [5, 5.41) is 2.91. The first-order valence-corrected chi connectivity index (χ1v) is 8.16. The normalized spacial score (nSPS) is 15.0. The Kier molecular flexibility index (Phi) is 6.87. The summed E-state index contributed by atoms with van der Waals surface area (Å²) >= 11 is 0. The Hall–Kier alpha value is -2.28. The van der Waals surface area contributed by atoms with Crippen LogP contribution < -0.4 is 10.1 Å². The zero-order valence-corrected chi connectivity index (χ0v) is 14.3. The van der Waals surface area contributed by atoms with Crippen molar-refractivity contribution >= 4 is 12.0 Å². The van der Waals surface area contributed by atoms with Crippen LogP contribution in [-0.4, -0.2) is 68.2 Å². The van der Waals surface area contributed by atoms with Crippen molar-refractivity contribution in [2.24, 2.45) is 0 Å². The lowest BCUT2D eigenvalue weighted by Crippen LogP contribution is -2.51. The number of piperazine rings is 1. The molecule has 0 aliphatic carbocycles. The topological polar surface area (TPSA) is 71.1 Å². The van der Waals surface area contributed by atoms with Crippen LogP contribution in [0.5, 0.6) is 5.75 Å². The van der Waals surface area contributed by atoms with Gasteiger partial charge in [-0.2, -0.15) is 0 Å². The van der Waals surface area contributed by atoms with E-state index in [4.69, 9.17) is 9.47 Å². The number of para-hydroxylation sites is 1. The van der Waals surface area contributed by atoms with Crippen LogP contribution in [0, 0.1) is 0 Å². The highest BCUT2D eigenvalue weighted by molar-refractivity contribution is 5.78. The molecule has 7 nitrogen and oxygen atoms in total. The van der Waals surface area contributed by atoms with Gasteiger partial charge >= 0.3 is 6.09 Å². The number of amides is 2. The number of carbonyl (C=O) groups is 2. The molecular weight excluding hydrogens is 310 g/mol. The largest absolute Gasteiger partial charge is 0.496 e. The van der Waals surface area contributed by atoms with E-state index in [0.29, 0.717) is 45.9 Å². The van der Waals surface area contributed by atoms with E-state index in [1.165, 1.54) is 0 Å². The predicted octanol–water partition coefficient (Wildman–Crippen LogP) is 1.09. The number of carbonyl (C=O) groups excluding carboxylic acids is 2. The minimum Gasteiger partial charge on any atom is -0.496 e. The average Bonchev–Trinajstić information content (AvgIpc) is 2.61. The minimum atomic E-state index is -0.280. The summed E-state index contributed by atoms with van der Waals surface area (Å²) in [5.41, 5.74) is 0.945. The highest BCUT2D eigenvalue weighted by Gasteiger charge is 2.23. The molecule has 1 heterocycles. The molecule has 0 unspecified atom stereocenters. The monoisotopic (exact) mass is 335 g/mol. The van der Waals surface area contributed by atoms with Gasteiger partial charge in [0.05, 0.1) is 20.3 Å². The Morgan fingerprint density at radius 3 is 2.54 bits per heavy atom. The van der Waals surface area contributed by atoms with Gasteiger partial charge in [-0.15, -0.1) is 0 Å². The van der Waals surface area contributed by atoms with Crippen LogP contribution in [0.3, 0.4) is 0 Å². The zero-order chi connectivity index (χ0) is 17.4.